The lowest BCUT2D eigenvalue weighted by Gasteiger charge is -1.92. The van der Waals surface area contributed by atoms with Gasteiger partial charge in [-0.3, -0.25) is 0 Å². The summed E-state index contributed by atoms with van der Waals surface area (Å²) < 4.78 is 4.63. The number of benzene rings is 1. The predicted molar refractivity (Wildman–Crippen MR) is 51.6 cm³/mol. The summed E-state index contributed by atoms with van der Waals surface area (Å²) in [4.78, 5) is 10.8. The van der Waals surface area contributed by atoms with Crippen molar-refractivity contribution < 1.29 is 14.6 Å². The number of esters is 1. The Hall–Kier alpha value is -1.95. The summed E-state index contributed by atoms with van der Waals surface area (Å²) in [5, 5.41) is 8.98. The third-order valence-corrected chi connectivity index (χ3v) is 1.45. The average molecular weight is 190 g/mol. The zero-order valence-corrected chi connectivity index (χ0v) is 7.78. The maximum atomic E-state index is 10.8. The van der Waals surface area contributed by atoms with Gasteiger partial charge in [0.2, 0.25) is 0 Å². The van der Waals surface area contributed by atoms with Gasteiger partial charge in [-0.1, -0.05) is 5.92 Å². The molecule has 0 bridgehead atoms. The van der Waals surface area contributed by atoms with Crippen LogP contribution < -0.4 is 0 Å². The quantitative estimate of drug-likeness (QED) is 0.536. The zero-order valence-electron chi connectivity index (χ0n) is 7.78. The SMILES string of the molecule is CCOC(=O)C#Cc1ccc(O)cc1. The highest BCUT2D eigenvalue weighted by molar-refractivity contribution is 5.89. The van der Waals surface area contributed by atoms with Gasteiger partial charge in [-0.25, -0.2) is 4.79 Å². The van der Waals surface area contributed by atoms with Gasteiger partial charge in [-0.15, -0.1) is 0 Å². The van der Waals surface area contributed by atoms with E-state index in [1.165, 1.54) is 12.1 Å². The van der Waals surface area contributed by atoms with Crippen LogP contribution in [0.2, 0.25) is 0 Å². The number of carbonyl (C=O) groups excluding carboxylic acids is 1. The van der Waals surface area contributed by atoms with E-state index in [0.29, 0.717) is 12.2 Å². The van der Waals surface area contributed by atoms with Gasteiger partial charge in [0.05, 0.1) is 6.61 Å². The molecule has 0 radical (unpaired) electrons. The summed E-state index contributed by atoms with van der Waals surface area (Å²) in [6, 6.07) is 6.27. The molecule has 0 saturated heterocycles. The van der Waals surface area contributed by atoms with Gasteiger partial charge < -0.3 is 9.84 Å². The van der Waals surface area contributed by atoms with Crippen LogP contribution in [-0.4, -0.2) is 17.7 Å². The van der Waals surface area contributed by atoms with Crippen molar-refractivity contribution in [3.05, 3.63) is 29.8 Å². The van der Waals surface area contributed by atoms with Gasteiger partial charge >= 0.3 is 5.97 Å². The molecule has 1 aromatic carbocycles. The molecule has 14 heavy (non-hydrogen) atoms. The van der Waals surface area contributed by atoms with Crippen molar-refractivity contribution >= 4 is 5.97 Å². The fourth-order valence-electron chi connectivity index (χ4n) is 0.835. The highest BCUT2D eigenvalue weighted by atomic mass is 16.5. The van der Waals surface area contributed by atoms with Crippen molar-refractivity contribution in [2.45, 2.75) is 6.92 Å². The van der Waals surface area contributed by atoms with E-state index >= 15 is 0 Å². The van der Waals surface area contributed by atoms with Crippen LogP contribution >= 0.6 is 0 Å². The van der Waals surface area contributed by atoms with E-state index in [1.807, 2.05) is 0 Å². The highest BCUT2D eigenvalue weighted by Crippen LogP contribution is 2.08. The number of phenolic OH excluding ortho intramolecular Hbond substituents is 1. The van der Waals surface area contributed by atoms with Crippen molar-refractivity contribution in [2.24, 2.45) is 0 Å². The van der Waals surface area contributed by atoms with Crippen molar-refractivity contribution in [1.82, 2.24) is 0 Å². The number of hydrogen-bond donors (Lipinski definition) is 1. The highest BCUT2D eigenvalue weighted by Gasteiger charge is 1.92. The summed E-state index contributed by atoms with van der Waals surface area (Å²) in [6.07, 6.45) is 0. The van der Waals surface area contributed by atoms with Gasteiger partial charge in [-0.2, -0.15) is 0 Å². The average Bonchev–Trinajstić information content (AvgIpc) is 2.17. The van der Waals surface area contributed by atoms with Crippen molar-refractivity contribution in [3.8, 4) is 17.6 Å². The molecule has 0 spiro atoms. The van der Waals surface area contributed by atoms with Gasteiger partial charge in [0.15, 0.2) is 0 Å². The molecule has 3 heteroatoms. The predicted octanol–water partition coefficient (Wildman–Crippen LogP) is 1.31. The van der Waals surface area contributed by atoms with Crippen LogP contribution in [0.1, 0.15) is 12.5 Å². The lowest BCUT2D eigenvalue weighted by molar-refractivity contribution is -0.136. The Morgan fingerprint density at radius 3 is 2.64 bits per heavy atom. The molecular formula is C11H10O3. The molecule has 0 aliphatic rings. The van der Waals surface area contributed by atoms with Crippen molar-refractivity contribution in [1.29, 1.82) is 0 Å². The molecule has 1 N–H and O–H groups in total. The van der Waals surface area contributed by atoms with Gasteiger partial charge in [0.25, 0.3) is 0 Å². The number of ether oxygens (including phenoxy) is 1. The molecule has 72 valence electrons. The summed E-state index contributed by atoms with van der Waals surface area (Å²) in [6.45, 7) is 2.04. The first-order chi connectivity index (χ1) is 6.72. The Bertz CT molecular complexity index is 368. The monoisotopic (exact) mass is 190 g/mol. The number of hydrogen-bond acceptors (Lipinski definition) is 3. The molecule has 1 rings (SSSR count). The van der Waals surface area contributed by atoms with Crippen molar-refractivity contribution in [2.75, 3.05) is 6.61 Å². The van der Waals surface area contributed by atoms with E-state index in [0.717, 1.165) is 0 Å². The number of carbonyl (C=O) groups is 1. The summed E-state index contributed by atoms with van der Waals surface area (Å²) in [5.74, 6) is 4.58. The first-order valence-electron chi connectivity index (χ1n) is 4.20. The third kappa shape index (κ3) is 3.20. The minimum absolute atomic E-state index is 0.173. The molecule has 3 nitrogen and oxygen atoms in total. The van der Waals surface area contributed by atoms with E-state index in [4.69, 9.17) is 5.11 Å². The van der Waals surface area contributed by atoms with E-state index in [2.05, 4.69) is 16.6 Å². The van der Waals surface area contributed by atoms with Crippen LogP contribution in [0.4, 0.5) is 0 Å². The molecule has 0 heterocycles. The molecular weight excluding hydrogens is 180 g/mol. The van der Waals surface area contributed by atoms with E-state index in [1.54, 1.807) is 19.1 Å². The van der Waals surface area contributed by atoms with Crippen LogP contribution in [0.3, 0.4) is 0 Å². The fraction of sp³-hybridized carbons (Fsp3) is 0.182. The van der Waals surface area contributed by atoms with Crippen LogP contribution in [0.5, 0.6) is 5.75 Å². The van der Waals surface area contributed by atoms with E-state index < -0.39 is 5.97 Å². The maximum Gasteiger partial charge on any atom is 0.384 e. The topological polar surface area (TPSA) is 46.5 Å². The Kier molecular flexibility index (Phi) is 3.57. The Labute approximate surface area is 82.3 Å². The zero-order chi connectivity index (χ0) is 10.4. The van der Waals surface area contributed by atoms with E-state index in [-0.39, 0.29) is 5.75 Å². The largest absolute Gasteiger partial charge is 0.508 e. The molecule has 0 aliphatic heterocycles. The molecule has 0 unspecified atom stereocenters. The summed E-state index contributed by atoms with van der Waals surface area (Å²) >= 11 is 0. The minimum Gasteiger partial charge on any atom is -0.508 e. The molecule has 0 saturated carbocycles. The Balaban J connectivity index is 2.68. The second-order valence-corrected chi connectivity index (χ2v) is 2.52. The molecule has 0 atom stereocenters. The summed E-state index contributed by atoms with van der Waals surface area (Å²) in [5.41, 5.74) is 0.663. The van der Waals surface area contributed by atoms with Crippen LogP contribution in [0.15, 0.2) is 24.3 Å². The number of rotatable bonds is 1. The minimum atomic E-state index is -0.541. The van der Waals surface area contributed by atoms with Crippen molar-refractivity contribution in [3.63, 3.8) is 0 Å². The first-order valence-corrected chi connectivity index (χ1v) is 4.20. The number of aromatic hydroxyl groups is 1. The second kappa shape index (κ2) is 4.93. The second-order valence-electron chi connectivity index (χ2n) is 2.52. The van der Waals surface area contributed by atoms with Crippen LogP contribution in [0, 0.1) is 11.8 Å². The molecule has 0 aliphatic carbocycles. The van der Waals surface area contributed by atoms with Gasteiger partial charge in [0, 0.05) is 11.5 Å². The standard InChI is InChI=1S/C11H10O3/c1-2-14-11(13)8-5-9-3-6-10(12)7-4-9/h3-4,6-7,12H,2H2,1H3. The third-order valence-electron chi connectivity index (χ3n) is 1.45. The molecule has 0 aromatic heterocycles. The number of phenols is 1. The molecule has 1 aromatic rings. The van der Waals surface area contributed by atoms with E-state index in [9.17, 15) is 4.79 Å². The van der Waals surface area contributed by atoms with Crippen LogP contribution in [-0.2, 0) is 9.53 Å². The fourth-order valence-corrected chi connectivity index (χ4v) is 0.835. The van der Waals surface area contributed by atoms with Crippen LogP contribution in [0.25, 0.3) is 0 Å². The smallest absolute Gasteiger partial charge is 0.384 e. The molecule has 0 amide bonds. The maximum absolute atomic E-state index is 10.8. The van der Waals surface area contributed by atoms with Gasteiger partial charge in [-0.05, 0) is 31.2 Å². The normalized spacial score (nSPS) is 8.64. The molecule has 0 fully saturated rings. The summed E-state index contributed by atoms with van der Waals surface area (Å²) in [7, 11) is 0. The first kappa shape index (κ1) is 10.1. The lowest BCUT2D eigenvalue weighted by Crippen LogP contribution is -1.99. The van der Waals surface area contributed by atoms with Gasteiger partial charge in [0.1, 0.15) is 5.75 Å². The Morgan fingerprint density at radius 2 is 2.07 bits per heavy atom. The lowest BCUT2D eigenvalue weighted by atomic mass is 10.2. The Morgan fingerprint density at radius 1 is 1.43 bits per heavy atom.